The lowest BCUT2D eigenvalue weighted by Crippen LogP contribution is -2.40. The molecule has 6 rings (SSSR count). The van der Waals surface area contributed by atoms with Crippen molar-refractivity contribution in [3.8, 4) is 0 Å². The smallest absolute Gasteiger partial charge is 0.338 e. The summed E-state index contributed by atoms with van der Waals surface area (Å²) in [5, 5.41) is 0. The van der Waals surface area contributed by atoms with Gasteiger partial charge in [0.2, 0.25) is 0 Å². The highest BCUT2D eigenvalue weighted by atomic mass is 16.8. The predicted octanol–water partition coefficient (Wildman–Crippen LogP) is 3.89. The minimum absolute atomic E-state index is 0.0820. The standard InChI is InChI=1S/C32H34O9/c1-34-31-28(36-18-22-13-7-3-8-14-22)26(35-17-21-11-5-2-6-12-21)24(39-31)20-38-32-29-27(41-29)25(40-32)19-37-30(33)23-15-9-4-10-16-23/h2-16,24-29,31-32H,17-20H2,1H3/t24-,25-,26-,27+,28+,29+,31+,32?/m1/s1. The van der Waals surface area contributed by atoms with Gasteiger partial charge in [-0.1, -0.05) is 78.9 Å². The summed E-state index contributed by atoms with van der Waals surface area (Å²) >= 11 is 0. The van der Waals surface area contributed by atoms with Crippen LogP contribution in [-0.2, 0) is 51.1 Å². The number of hydrogen-bond acceptors (Lipinski definition) is 9. The van der Waals surface area contributed by atoms with Crippen LogP contribution in [-0.4, -0.2) is 75.5 Å². The first-order valence-electron chi connectivity index (χ1n) is 13.8. The number of ether oxygens (including phenoxy) is 8. The summed E-state index contributed by atoms with van der Waals surface area (Å²) < 4.78 is 47.9. The molecule has 3 aromatic carbocycles. The SMILES string of the molecule is CO[C@H]1O[C@H](COC2O[C@H](COC(=O)c3ccccc3)[C@@H]3O[C@H]23)[C@@H](OCc2ccccc2)[C@@H]1OCc1ccccc1. The van der Waals surface area contributed by atoms with Gasteiger partial charge in [-0.2, -0.15) is 0 Å². The Morgan fingerprint density at radius 2 is 1.22 bits per heavy atom. The highest BCUT2D eigenvalue weighted by Gasteiger charge is 2.59. The monoisotopic (exact) mass is 562 g/mol. The largest absolute Gasteiger partial charge is 0.459 e. The molecular formula is C32H34O9. The molecule has 3 aromatic rings. The van der Waals surface area contributed by atoms with Crippen LogP contribution in [0.3, 0.4) is 0 Å². The van der Waals surface area contributed by atoms with Gasteiger partial charge in [-0.05, 0) is 23.3 Å². The van der Waals surface area contributed by atoms with Gasteiger partial charge in [0.1, 0.15) is 43.2 Å². The first kappa shape index (κ1) is 28.0. The van der Waals surface area contributed by atoms with E-state index in [0.29, 0.717) is 18.8 Å². The fourth-order valence-electron chi connectivity index (χ4n) is 5.18. The van der Waals surface area contributed by atoms with Crippen LogP contribution in [0.5, 0.6) is 0 Å². The van der Waals surface area contributed by atoms with Crippen LogP contribution in [0.25, 0.3) is 0 Å². The number of carbonyl (C=O) groups excluding carboxylic acids is 1. The van der Waals surface area contributed by atoms with Gasteiger partial charge in [0, 0.05) is 7.11 Å². The number of esters is 1. The second-order valence-electron chi connectivity index (χ2n) is 10.2. The molecule has 3 heterocycles. The highest BCUT2D eigenvalue weighted by molar-refractivity contribution is 5.89. The summed E-state index contributed by atoms with van der Waals surface area (Å²) in [5.74, 6) is -0.402. The van der Waals surface area contributed by atoms with E-state index in [1.54, 1.807) is 31.4 Å². The molecule has 0 bridgehead atoms. The highest BCUT2D eigenvalue weighted by Crippen LogP contribution is 2.40. The topological polar surface area (TPSA) is 94.2 Å². The van der Waals surface area contributed by atoms with Crippen LogP contribution in [0.1, 0.15) is 21.5 Å². The van der Waals surface area contributed by atoms with Crippen LogP contribution >= 0.6 is 0 Å². The van der Waals surface area contributed by atoms with Crippen LogP contribution in [0.15, 0.2) is 91.0 Å². The average molecular weight is 563 g/mol. The Hall–Kier alpha value is -3.15. The zero-order chi connectivity index (χ0) is 28.0. The summed E-state index contributed by atoms with van der Waals surface area (Å²) in [6.07, 6.45) is -3.44. The van der Waals surface area contributed by atoms with E-state index in [1.165, 1.54) is 0 Å². The minimum atomic E-state index is -0.632. The number of epoxide rings is 1. The second-order valence-corrected chi connectivity index (χ2v) is 10.2. The van der Waals surface area contributed by atoms with E-state index < -0.39 is 43.0 Å². The first-order valence-corrected chi connectivity index (χ1v) is 13.8. The molecule has 0 N–H and O–H groups in total. The number of hydrogen-bond donors (Lipinski definition) is 0. The first-order chi connectivity index (χ1) is 20.2. The van der Waals surface area contributed by atoms with Crippen LogP contribution in [0, 0.1) is 0 Å². The number of fused-ring (bicyclic) bond motifs is 1. The number of methoxy groups -OCH3 is 1. The molecule has 1 unspecified atom stereocenters. The summed E-state index contributed by atoms with van der Waals surface area (Å²) in [5.41, 5.74) is 2.57. The number of rotatable bonds is 13. The Morgan fingerprint density at radius 1 is 0.634 bits per heavy atom. The molecule has 3 aliphatic rings. The molecule has 3 saturated heterocycles. The maximum atomic E-state index is 12.3. The minimum Gasteiger partial charge on any atom is -0.459 e. The van der Waals surface area contributed by atoms with Crippen molar-refractivity contribution < 1.29 is 42.7 Å². The van der Waals surface area contributed by atoms with Crippen molar-refractivity contribution in [1.29, 1.82) is 0 Å². The lowest BCUT2D eigenvalue weighted by Gasteiger charge is -2.25. The third kappa shape index (κ3) is 6.85. The maximum absolute atomic E-state index is 12.3. The predicted molar refractivity (Wildman–Crippen MR) is 146 cm³/mol. The average Bonchev–Trinajstić information content (AvgIpc) is 3.64. The molecule has 0 radical (unpaired) electrons. The zero-order valence-corrected chi connectivity index (χ0v) is 22.8. The van der Waals surface area contributed by atoms with Crippen LogP contribution < -0.4 is 0 Å². The fraction of sp³-hybridized carbons (Fsp3) is 0.406. The van der Waals surface area contributed by atoms with Gasteiger partial charge >= 0.3 is 5.97 Å². The van der Waals surface area contributed by atoms with Crippen molar-refractivity contribution in [2.45, 2.75) is 62.4 Å². The molecule has 9 heteroatoms. The maximum Gasteiger partial charge on any atom is 0.338 e. The van der Waals surface area contributed by atoms with Gasteiger partial charge < -0.3 is 37.9 Å². The van der Waals surface area contributed by atoms with E-state index in [0.717, 1.165) is 11.1 Å². The molecule has 9 nitrogen and oxygen atoms in total. The van der Waals surface area contributed by atoms with Crippen molar-refractivity contribution >= 4 is 5.97 Å². The Kier molecular flexibility index (Phi) is 9.03. The number of benzene rings is 3. The second kappa shape index (κ2) is 13.2. The van der Waals surface area contributed by atoms with Gasteiger partial charge in [-0.3, -0.25) is 0 Å². The van der Waals surface area contributed by atoms with Crippen molar-refractivity contribution in [1.82, 2.24) is 0 Å². The van der Waals surface area contributed by atoms with Gasteiger partial charge in [-0.15, -0.1) is 0 Å². The van der Waals surface area contributed by atoms with Crippen molar-refractivity contribution in [3.05, 3.63) is 108 Å². The Labute approximate surface area is 239 Å². The molecule has 216 valence electrons. The van der Waals surface area contributed by atoms with Crippen molar-refractivity contribution in [2.24, 2.45) is 0 Å². The molecule has 41 heavy (non-hydrogen) atoms. The number of carbonyl (C=O) groups is 1. The van der Waals surface area contributed by atoms with E-state index >= 15 is 0 Å². The van der Waals surface area contributed by atoms with E-state index in [1.807, 2.05) is 66.7 Å². The van der Waals surface area contributed by atoms with E-state index in [2.05, 4.69) is 0 Å². The molecule has 3 fully saturated rings. The lowest BCUT2D eigenvalue weighted by atomic mass is 10.1. The third-order valence-electron chi connectivity index (χ3n) is 7.39. The Balaban J connectivity index is 1.06. The molecule has 0 aromatic heterocycles. The summed E-state index contributed by atoms with van der Waals surface area (Å²) in [7, 11) is 1.59. The van der Waals surface area contributed by atoms with Gasteiger partial charge in [0.15, 0.2) is 12.6 Å². The summed E-state index contributed by atoms with van der Waals surface area (Å²) in [6, 6.07) is 28.7. The summed E-state index contributed by atoms with van der Waals surface area (Å²) in [4.78, 5) is 12.3. The fourth-order valence-corrected chi connectivity index (χ4v) is 5.18. The van der Waals surface area contributed by atoms with E-state index in [-0.39, 0.29) is 25.4 Å². The summed E-state index contributed by atoms with van der Waals surface area (Å²) in [6.45, 7) is 1.03. The van der Waals surface area contributed by atoms with Crippen molar-refractivity contribution in [2.75, 3.05) is 20.3 Å². The molecule has 0 saturated carbocycles. The lowest BCUT2D eigenvalue weighted by molar-refractivity contribution is -0.208. The molecule has 0 spiro atoms. The Bertz CT molecular complexity index is 1240. The molecule has 0 aliphatic carbocycles. The normalized spacial score (nSPS) is 30.2. The van der Waals surface area contributed by atoms with E-state index in [4.69, 9.17) is 37.9 Å². The third-order valence-corrected chi connectivity index (χ3v) is 7.39. The van der Waals surface area contributed by atoms with Crippen LogP contribution in [0.2, 0.25) is 0 Å². The van der Waals surface area contributed by atoms with Gasteiger partial charge in [0.05, 0.1) is 25.4 Å². The van der Waals surface area contributed by atoms with E-state index in [9.17, 15) is 4.79 Å². The quantitative estimate of drug-likeness (QED) is 0.227. The Morgan fingerprint density at radius 3 is 1.85 bits per heavy atom. The molecule has 0 amide bonds. The molecule has 3 aliphatic heterocycles. The van der Waals surface area contributed by atoms with Gasteiger partial charge in [-0.25, -0.2) is 4.79 Å². The van der Waals surface area contributed by atoms with Crippen molar-refractivity contribution in [3.63, 3.8) is 0 Å². The van der Waals surface area contributed by atoms with Gasteiger partial charge in [0.25, 0.3) is 0 Å². The molecule has 8 atom stereocenters. The molecular weight excluding hydrogens is 528 g/mol. The van der Waals surface area contributed by atoms with Crippen LogP contribution in [0.4, 0.5) is 0 Å². The zero-order valence-electron chi connectivity index (χ0n) is 22.8.